The van der Waals surface area contributed by atoms with Crippen molar-refractivity contribution in [3.8, 4) is 0 Å². The van der Waals surface area contributed by atoms with Gasteiger partial charge in [-0.3, -0.25) is 19.2 Å². The van der Waals surface area contributed by atoms with Gasteiger partial charge in [-0.05, 0) is 30.7 Å². The SMILES string of the molecule is CCC(CC)(CC(=O)O)NC(=O)c1cc2c([nH]c1=O)CC(C)(C)CC2=O. The maximum absolute atomic E-state index is 12.7. The summed E-state index contributed by atoms with van der Waals surface area (Å²) >= 11 is 0. The minimum absolute atomic E-state index is 0.107. The van der Waals surface area contributed by atoms with E-state index in [1.165, 1.54) is 6.07 Å². The van der Waals surface area contributed by atoms with Crippen molar-refractivity contribution in [3.05, 3.63) is 33.2 Å². The van der Waals surface area contributed by atoms with E-state index in [2.05, 4.69) is 10.3 Å². The second-order valence-corrected chi connectivity index (χ2v) is 7.86. The topological polar surface area (TPSA) is 116 Å². The Balaban J connectivity index is 2.39. The minimum atomic E-state index is -1.02. The number of nitrogens with one attached hydrogen (secondary N) is 2. The molecule has 0 saturated heterocycles. The highest BCUT2D eigenvalue weighted by atomic mass is 16.4. The average Bonchev–Trinajstić information content (AvgIpc) is 2.51. The Morgan fingerprint density at radius 3 is 2.38 bits per heavy atom. The number of carbonyl (C=O) groups excluding carboxylic acids is 2. The zero-order valence-electron chi connectivity index (χ0n) is 15.7. The molecule has 2 rings (SSSR count). The largest absolute Gasteiger partial charge is 0.481 e. The standard InChI is InChI=1S/C19H26N2O5/c1-5-19(6-2,10-15(23)24)21-17(26)12-7-11-13(20-16(12)25)8-18(3,4)9-14(11)22/h7H,5-6,8-10H2,1-4H3,(H,20,25)(H,21,26)(H,23,24). The van der Waals surface area contributed by atoms with Crippen LogP contribution in [0.1, 0.15) is 79.8 Å². The molecule has 1 aromatic rings. The number of Topliss-reactive ketones (excluding diaryl/α,β-unsaturated/α-hetero) is 1. The fourth-order valence-corrected chi connectivity index (χ4v) is 3.52. The number of rotatable bonds is 6. The lowest BCUT2D eigenvalue weighted by Crippen LogP contribution is -2.50. The van der Waals surface area contributed by atoms with Crippen molar-refractivity contribution in [2.24, 2.45) is 5.41 Å². The maximum atomic E-state index is 12.7. The molecule has 0 radical (unpaired) electrons. The Labute approximate surface area is 152 Å². The third-order valence-corrected chi connectivity index (χ3v) is 5.18. The first-order chi connectivity index (χ1) is 12.0. The van der Waals surface area contributed by atoms with E-state index >= 15 is 0 Å². The lowest BCUT2D eigenvalue weighted by atomic mass is 9.75. The Morgan fingerprint density at radius 2 is 1.85 bits per heavy atom. The molecule has 0 spiro atoms. The number of aromatic nitrogens is 1. The summed E-state index contributed by atoms with van der Waals surface area (Å²) in [6.45, 7) is 7.48. The molecule has 1 aromatic heterocycles. The van der Waals surface area contributed by atoms with Crippen molar-refractivity contribution >= 4 is 17.7 Å². The van der Waals surface area contributed by atoms with E-state index in [4.69, 9.17) is 5.11 Å². The third kappa shape index (κ3) is 4.03. The van der Waals surface area contributed by atoms with Gasteiger partial charge in [0.15, 0.2) is 5.78 Å². The number of hydrogen-bond donors (Lipinski definition) is 3. The van der Waals surface area contributed by atoms with E-state index in [-0.39, 0.29) is 23.2 Å². The van der Waals surface area contributed by atoms with Gasteiger partial charge in [0, 0.05) is 17.7 Å². The number of fused-ring (bicyclic) bond motifs is 1. The van der Waals surface area contributed by atoms with E-state index in [1.807, 2.05) is 13.8 Å². The Hall–Kier alpha value is -2.44. The van der Waals surface area contributed by atoms with Crippen LogP contribution in [-0.4, -0.2) is 33.3 Å². The summed E-state index contributed by atoms with van der Waals surface area (Å²) in [7, 11) is 0. The maximum Gasteiger partial charge on any atom is 0.305 e. The average molecular weight is 362 g/mol. The summed E-state index contributed by atoms with van der Waals surface area (Å²) in [5.74, 6) is -1.79. The number of carboxylic acid groups (broad SMARTS) is 1. The predicted molar refractivity (Wildman–Crippen MR) is 96.5 cm³/mol. The van der Waals surface area contributed by atoms with Crippen LogP contribution in [0.5, 0.6) is 0 Å². The number of aliphatic carboxylic acids is 1. The Bertz CT molecular complexity index is 803. The van der Waals surface area contributed by atoms with Gasteiger partial charge < -0.3 is 15.4 Å². The summed E-state index contributed by atoms with van der Waals surface area (Å²) in [6, 6.07) is 1.35. The summed E-state index contributed by atoms with van der Waals surface area (Å²) < 4.78 is 0. The number of carbonyl (C=O) groups is 3. The summed E-state index contributed by atoms with van der Waals surface area (Å²) in [4.78, 5) is 51.3. The molecule has 26 heavy (non-hydrogen) atoms. The van der Waals surface area contributed by atoms with E-state index in [9.17, 15) is 19.2 Å². The van der Waals surface area contributed by atoms with Gasteiger partial charge in [0.25, 0.3) is 11.5 Å². The molecule has 1 heterocycles. The summed E-state index contributed by atoms with van der Waals surface area (Å²) in [5, 5.41) is 11.8. The minimum Gasteiger partial charge on any atom is -0.481 e. The molecule has 0 fully saturated rings. The zero-order valence-corrected chi connectivity index (χ0v) is 15.7. The van der Waals surface area contributed by atoms with E-state index in [1.54, 1.807) is 13.8 Å². The molecule has 7 heteroatoms. The first-order valence-corrected chi connectivity index (χ1v) is 8.86. The van der Waals surface area contributed by atoms with Crippen molar-refractivity contribution in [2.45, 2.75) is 65.3 Å². The molecular formula is C19H26N2O5. The van der Waals surface area contributed by atoms with Crippen LogP contribution in [-0.2, 0) is 11.2 Å². The lowest BCUT2D eigenvalue weighted by Gasteiger charge is -2.32. The molecule has 3 N–H and O–H groups in total. The van der Waals surface area contributed by atoms with Crippen LogP contribution in [0.25, 0.3) is 0 Å². The fourth-order valence-electron chi connectivity index (χ4n) is 3.52. The van der Waals surface area contributed by atoms with Crippen molar-refractivity contribution in [1.82, 2.24) is 10.3 Å². The fraction of sp³-hybridized carbons (Fsp3) is 0.579. The summed E-state index contributed by atoms with van der Waals surface area (Å²) in [6.07, 6.45) is 1.49. The van der Waals surface area contributed by atoms with Gasteiger partial charge in [0.05, 0.1) is 12.0 Å². The van der Waals surface area contributed by atoms with Crippen LogP contribution < -0.4 is 10.9 Å². The van der Waals surface area contributed by atoms with Crippen LogP contribution >= 0.6 is 0 Å². The highest BCUT2D eigenvalue weighted by molar-refractivity contribution is 6.02. The smallest absolute Gasteiger partial charge is 0.305 e. The number of H-pyrrole nitrogens is 1. The van der Waals surface area contributed by atoms with Crippen LogP contribution in [0.2, 0.25) is 0 Å². The molecule has 142 valence electrons. The molecule has 1 aliphatic carbocycles. The van der Waals surface area contributed by atoms with Gasteiger partial charge in [0.2, 0.25) is 0 Å². The first kappa shape index (κ1) is 19.9. The van der Waals surface area contributed by atoms with Crippen molar-refractivity contribution in [2.75, 3.05) is 0 Å². The molecular weight excluding hydrogens is 336 g/mol. The van der Waals surface area contributed by atoms with Gasteiger partial charge >= 0.3 is 5.97 Å². The van der Waals surface area contributed by atoms with Gasteiger partial charge in [-0.2, -0.15) is 0 Å². The number of aromatic amines is 1. The van der Waals surface area contributed by atoms with Gasteiger partial charge in [0.1, 0.15) is 5.56 Å². The van der Waals surface area contributed by atoms with Crippen molar-refractivity contribution in [3.63, 3.8) is 0 Å². The van der Waals surface area contributed by atoms with Crippen LogP contribution in [0, 0.1) is 5.41 Å². The molecule has 0 atom stereocenters. The number of amides is 1. The summed E-state index contributed by atoms with van der Waals surface area (Å²) in [5.41, 5.74) is -0.979. The Morgan fingerprint density at radius 1 is 1.23 bits per heavy atom. The molecule has 0 bridgehead atoms. The monoisotopic (exact) mass is 362 g/mol. The van der Waals surface area contributed by atoms with Crippen LogP contribution in [0.15, 0.2) is 10.9 Å². The molecule has 1 aliphatic rings. The zero-order chi connectivity index (χ0) is 19.7. The number of carboxylic acids is 1. The number of pyridine rings is 1. The van der Waals surface area contributed by atoms with Gasteiger partial charge in [-0.25, -0.2) is 0 Å². The quantitative estimate of drug-likeness (QED) is 0.718. The third-order valence-electron chi connectivity index (χ3n) is 5.18. The van der Waals surface area contributed by atoms with Crippen LogP contribution in [0.4, 0.5) is 0 Å². The molecule has 7 nitrogen and oxygen atoms in total. The highest BCUT2D eigenvalue weighted by Crippen LogP contribution is 2.33. The molecule has 1 amide bonds. The lowest BCUT2D eigenvalue weighted by molar-refractivity contribution is -0.138. The second-order valence-electron chi connectivity index (χ2n) is 7.86. The van der Waals surface area contributed by atoms with Crippen molar-refractivity contribution < 1.29 is 19.5 Å². The van der Waals surface area contributed by atoms with E-state index in [0.717, 1.165) is 0 Å². The number of ketones is 1. The van der Waals surface area contributed by atoms with E-state index < -0.39 is 23.0 Å². The normalized spacial score (nSPS) is 16.1. The molecule has 0 aromatic carbocycles. The molecule has 0 unspecified atom stereocenters. The number of hydrogen-bond acceptors (Lipinski definition) is 4. The first-order valence-electron chi connectivity index (χ1n) is 8.86. The molecule has 0 aliphatic heterocycles. The van der Waals surface area contributed by atoms with E-state index in [0.29, 0.717) is 36.9 Å². The molecule has 0 saturated carbocycles. The highest BCUT2D eigenvalue weighted by Gasteiger charge is 2.35. The van der Waals surface area contributed by atoms with Gasteiger partial charge in [-0.15, -0.1) is 0 Å². The van der Waals surface area contributed by atoms with Crippen LogP contribution in [0.3, 0.4) is 0 Å². The van der Waals surface area contributed by atoms with Crippen molar-refractivity contribution in [1.29, 1.82) is 0 Å². The Kier molecular flexibility index (Phi) is 5.39. The second kappa shape index (κ2) is 7.05. The predicted octanol–water partition coefficient (Wildman–Crippen LogP) is 2.29. The van der Waals surface area contributed by atoms with Gasteiger partial charge in [-0.1, -0.05) is 27.7 Å².